The molecular weight excluding hydrogens is 384 g/mol. The van der Waals surface area contributed by atoms with E-state index in [0.29, 0.717) is 50.8 Å². The summed E-state index contributed by atoms with van der Waals surface area (Å²) in [7, 11) is 0. The number of carbonyl (C=O) groups is 1. The van der Waals surface area contributed by atoms with Crippen molar-refractivity contribution in [1.82, 2.24) is 10.4 Å². The van der Waals surface area contributed by atoms with Crippen molar-refractivity contribution < 1.29 is 14.6 Å². The lowest BCUT2D eigenvalue weighted by atomic mass is 10.1. The summed E-state index contributed by atoms with van der Waals surface area (Å²) in [5, 5.41) is 19.3. The van der Waals surface area contributed by atoms with Gasteiger partial charge in [-0.3, -0.25) is 15.2 Å². The standard InChI is InChI=1S/C18H27ClN6O3/c1-13-11-14(3-4-15(13)19)12-21-17(20)16(23-22-5-2-8-26)18(27)24-25-6-9-28-10-7-25/h3-4,11,16,26H,2,5-10,12H2,1H3,(H2,20,21)(H,24,27)/b23-22+. The first kappa shape index (κ1) is 22.2. The Hall–Kier alpha value is -2.07. The number of carbonyl (C=O) groups excluding carboxylic acids is 1. The first-order valence-electron chi connectivity index (χ1n) is 9.16. The lowest BCUT2D eigenvalue weighted by molar-refractivity contribution is -0.127. The summed E-state index contributed by atoms with van der Waals surface area (Å²) in [4.78, 5) is 17.0. The molecule has 28 heavy (non-hydrogen) atoms. The molecule has 1 unspecified atom stereocenters. The van der Waals surface area contributed by atoms with E-state index in [1.165, 1.54) is 0 Å². The second kappa shape index (κ2) is 11.7. The Kier molecular flexibility index (Phi) is 9.29. The lowest BCUT2D eigenvalue weighted by Crippen LogP contribution is -2.53. The first-order chi connectivity index (χ1) is 13.5. The third-order valence-electron chi connectivity index (χ3n) is 4.09. The van der Waals surface area contributed by atoms with Crippen LogP contribution in [0.3, 0.4) is 0 Å². The van der Waals surface area contributed by atoms with E-state index in [9.17, 15) is 4.79 Å². The summed E-state index contributed by atoms with van der Waals surface area (Å²) in [6.07, 6.45) is 0.461. The number of amides is 1. The molecule has 1 saturated heterocycles. The highest BCUT2D eigenvalue weighted by molar-refractivity contribution is 6.31. The quantitative estimate of drug-likeness (QED) is 0.243. The zero-order chi connectivity index (χ0) is 20.4. The van der Waals surface area contributed by atoms with Gasteiger partial charge in [-0.1, -0.05) is 23.7 Å². The summed E-state index contributed by atoms with van der Waals surface area (Å²) >= 11 is 6.04. The number of aryl methyl sites for hydroxylation is 1. The number of halogens is 1. The third kappa shape index (κ3) is 7.16. The van der Waals surface area contributed by atoms with Gasteiger partial charge in [0.05, 0.1) is 26.3 Å². The molecule has 9 nitrogen and oxygen atoms in total. The van der Waals surface area contributed by atoms with Gasteiger partial charge in [0.1, 0.15) is 5.84 Å². The van der Waals surface area contributed by atoms with Gasteiger partial charge in [0, 0.05) is 24.7 Å². The molecular formula is C18H27ClN6O3. The molecule has 0 bridgehead atoms. The minimum Gasteiger partial charge on any atom is -0.396 e. The maximum absolute atomic E-state index is 12.7. The zero-order valence-corrected chi connectivity index (χ0v) is 16.7. The number of aliphatic imine (C=N–C) groups is 1. The van der Waals surface area contributed by atoms with Crippen molar-refractivity contribution >= 4 is 23.3 Å². The number of morpholine rings is 1. The number of nitrogens with one attached hydrogen (secondary N) is 1. The average Bonchev–Trinajstić information content (AvgIpc) is 2.69. The van der Waals surface area contributed by atoms with Crippen molar-refractivity contribution in [3.63, 3.8) is 0 Å². The van der Waals surface area contributed by atoms with Crippen molar-refractivity contribution in [2.75, 3.05) is 39.5 Å². The highest BCUT2D eigenvalue weighted by Crippen LogP contribution is 2.16. The summed E-state index contributed by atoms with van der Waals surface area (Å²) < 4.78 is 5.27. The van der Waals surface area contributed by atoms with Crippen LogP contribution in [-0.4, -0.2) is 67.4 Å². The Bertz CT molecular complexity index is 707. The zero-order valence-electron chi connectivity index (χ0n) is 16.0. The minimum atomic E-state index is -1.03. The maximum Gasteiger partial charge on any atom is 0.268 e. The lowest BCUT2D eigenvalue weighted by Gasteiger charge is -2.27. The highest BCUT2D eigenvalue weighted by Gasteiger charge is 2.25. The number of nitrogens with zero attached hydrogens (tertiary/aromatic N) is 4. The maximum atomic E-state index is 12.7. The van der Waals surface area contributed by atoms with Gasteiger partial charge < -0.3 is 15.6 Å². The van der Waals surface area contributed by atoms with Crippen molar-refractivity contribution in [2.45, 2.75) is 25.9 Å². The Morgan fingerprint density at radius 1 is 1.43 bits per heavy atom. The van der Waals surface area contributed by atoms with Crippen LogP contribution in [0.25, 0.3) is 0 Å². The number of azo groups is 1. The molecule has 154 valence electrons. The van der Waals surface area contributed by atoms with Crippen LogP contribution >= 0.6 is 11.6 Å². The second-order valence-electron chi connectivity index (χ2n) is 6.36. The number of aliphatic hydroxyl groups is 1. The number of hydrogen-bond donors (Lipinski definition) is 3. The Labute approximate surface area is 169 Å². The fourth-order valence-corrected chi connectivity index (χ4v) is 2.61. The molecule has 0 saturated carbocycles. The number of hydrogen-bond acceptors (Lipinski definition) is 7. The van der Waals surface area contributed by atoms with Crippen LogP contribution in [0.1, 0.15) is 17.5 Å². The number of ether oxygens (including phenoxy) is 1. The fraction of sp³-hybridized carbons (Fsp3) is 0.556. The predicted octanol–water partition coefficient (Wildman–Crippen LogP) is 1.07. The molecule has 0 aromatic heterocycles. The number of rotatable bonds is 9. The molecule has 0 spiro atoms. The number of benzene rings is 1. The smallest absolute Gasteiger partial charge is 0.268 e. The van der Waals surface area contributed by atoms with Crippen LogP contribution in [0, 0.1) is 6.92 Å². The Balaban J connectivity index is 2.07. The van der Waals surface area contributed by atoms with Crippen LogP contribution in [0.15, 0.2) is 33.4 Å². The summed E-state index contributed by atoms with van der Waals surface area (Å²) in [5.41, 5.74) is 10.7. The van der Waals surface area contributed by atoms with E-state index in [0.717, 1.165) is 11.1 Å². The average molecular weight is 411 g/mol. The number of nitrogens with two attached hydrogens (primary N) is 1. The van der Waals surface area contributed by atoms with Crippen LogP contribution in [-0.2, 0) is 16.1 Å². The molecule has 1 atom stereocenters. The fourth-order valence-electron chi connectivity index (χ4n) is 2.49. The molecule has 2 rings (SSSR count). The summed E-state index contributed by atoms with van der Waals surface area (Å²) in [6.45, 7) is 4.78. The Morgan fingerprint density at radius 2 is 2.18 bits per heavy atom. The molecule has 1 heterocycles. The second-order valence-corrected chi connectivity index (χ2v) is 6.77. The third-order valence-corrected chi connectivity index (χ3v) is 4.51. The summed E-state index contributed by atoms with van der Waals surface area (Å²) in [5.74, 6) is -0.325. The number of amidine groups is 1. The molecule has 1 aliphatic heterocycles. The Morgan fingerprint density at radius 3 is 2.86 bits per heavy atom. The summed E-state index contributed by atoms with van der Waals surface area (Å²) in [6, 6.07) is 4.55. The molecule has 1 fully saturated rings. The van der Waals surface area contributed by atoms with Gasteiger partial charge in [-0.15, -0.1) is 0 Å². The van der Waals surface area contributed by atoms with Gasteiger partial charge >= 0.3 is 0 Å². The van der Waals surface area contributed by atoms with Gasteiger partial charge in [0.2, 0.25) is 6.04 Å². The molecule has 10 heteroatoms. The SMILES string of the molecule is Cc1cc(C/N=C(\N)C(/N=N/CCCO)C(=O)NN2CCOCC2)ccc1Cl. The normalized spacial score (nSPS) is 17.0. The monoisotopic (exact) mass is 410 g/mol. The van der Waals surface area contributed by atoms with Crippen molar-refractivity contribution in [2.24, 2.45) is 21.0 Å². The van der Waals surface area contributed by atoms with Crippen molar-refractivity contribution in [3.8, 4) is 0 Å². The molecule has 1 aromatic rings. The van der Waals surface area contributed by atoms with Crippen molar-refractivity contribution in [3.05, 3.63) is 34.3 Å². The largest absolute Gasteiger partial charge is 0.396 e. The topological polar surface area (TPSA) is 125 Å². The highest BCUT2D eigenvalue weighted by atomic mass is 35.5. The minimum absolute atomic E-state index is 0.00313. The van der Waals surface area contributed by atoms with Crippen molar-refractivity contribution in [1.29, 1.82) is 0 Å². The molecule has 0 radical (unpaired) electrons. The van der Waals surface area contributed by atoms with E-state index in [4.69, 9.17) is 27.2 Å². The van der Waals surface area contributed by atoms with Crippen LogP contribution in [0.4, 0.5) is 0 Å². The van der Waals surface area contributed by atoms with Gasteiger partial charge in [0.25, 0.3) is 5.91 Å². The van der Waals surface area contributed by atoms with E-state index in [2.05, 4.69) is 20.6 Å². The van der Waals surface area contributed by atoms with Gasteiger partial charge in [-0.25, -0.2) is 5.01 Å². The van der Waals surface area contributed by atoms with E-state index >= 15 is 0 Å². The molecule has 1 aliphatic rings. The van der Waals surface area contributed by atoms with Crippen LogP contribution < -0.4 is 11.2 Å². The van der Waals surface area contributed by atoms with Gasteiger partial charge in [-0.05, 0) is 30.5 Å². The van der Waals surface area contributed by atoms with Crippen LogP contribution in [0.5, 0.6) is 0 Å². The van der Waals surface area contributed by atoms with E-state index in [-0.39, 0.29) is 12.4 Å². The molecule has 0 aliphatic carbocycles. The van der Waals surface area contributed by atoms with Gasteiger partial charge in [0.15, 0.2) is 0 Å². The molecule has 1 amide bonds. The predicted molar refractivity (Wildman–Crippen MR) is 107 cm³/mol. The van der Waals surface area contributed by atoms with Crippen LogP contribution in [0.2, 0.25) is 5.02 Å². The van der Waals surface area contributed by atoms with Gasteiger partial charge in [-0.2, -0.15) is 10.2 Å². The number of hydrazine groups is 1. The number of aliphatic hydroxyl groups excluding tert-OH is 1. The molecule has 1 aromatic carbocycles. The van der Waals surface area contributed by atoms with E-state index in [1.54, 1.807) is 11.1 Å². The molecule has 4 N–H and O–H groups in total. The first-order valence-corrected chi connectivity index (χ1v) is 9.54. The van der Waals surface area contributed by atoms with E-state index in [1.807, 2.05) is 19.1 Å². The van der Waals surface area contributed by atoms with E-state index < -0.39 is 11.9 Å².